The molecule has 30 heavy (non-hydrogen) atoms. The number of hydrogen-bond acceptors (Lipinski definition) is 3. The maximum absolute atomic E-state index is 13.0. The lowest BCUT2D eigenvalue weighted by molar-refractivity contribution is -0.137. The summed E-state index contributed by atoms with van der Waals surface area (Å²) in [4.78, 5) is 11.9. The molecule has 0 spiro atoms. The third-order valence-corrected chi connectivity index (χ3v) is 5.19. The van der Waals surface area contributed by atoms with Crippen molar-refractivity contribution in [1.82, 2.24) is 5.16 Å². The van der Waals surface area contributed by atoms with Gasteiger partial charge in [-0.05, 0) is 54.3 Å². The molecule has 3 nitrogen and oxygen atoms in total. The van der Waals surface area contributed by atoms with Crippen LogP contribution in [0.3, 0.4) is 0 Å². The molecule has 0 fully saturated rings. The van der Waals surface area contributed by atoms with Gasteiger partial charge < -0.3 is 4.52 Å². The SMILES string of the molecule is Cc1cccc(CC(c2ccc(C(F)(F)F)cc2)c2ccc3c(=O)oncc3c2)c1. The highest BCUT2D eigenvalue weighted by Crippen LogP contribution is 2.34. The van der Waals surface area contributed by atoms with Crippen molar-refractivity contribution in [2.45, 2.75) is 25.4 Å². The lowest BCUT2D eigenvalue weighted by Gasteiger charge is -2.20. The van der Waals surface area contributed by atoms with E-state index in [1.165, 1.54) is 18.3 Å². The van der Waals surface area contributed by atoms with E-state index in [0.29, 0.717) is 17.2 Å². The highest BCUT2D eigenvalue weighted by atomic mass is 19.4. The van der Waals surface area contributed by atoms with Crippen LogP contribution < -0.4 is 5.63 Å². The molecule has 3 aromatic carbocycles. The van der Waals surface area contributed by atoms with Crippen LogP contribution in [0.5, 0.6) is 0 Å². The quantitative estimate of drug-likeness (QED) is 0.422. The molecular weight excluding hydrogens is 391 g/mol. The zero-order chi connectivity index (χ0) is 21.3. The normalized spacial score (nSPS) is 12.8. The number of fused-ring (bicyclic) bond motifs is 1. The van der Waals surface area contributed by atoms with Gasteiger partial charge >= 0.3 is 11.8 Å². The fraction of sp³-hybridized carbons (Fsp3) is 0.167. The van der Waals surface area contributed by atoms with Crippen molar-refractivity contribution < 1.29 is 17.7 Å². The molecule has 0 radical (unpaired) electrons. The Kier molecular flexibility index (Phi) is 5.16. The predicted molar refractivity (Wildman–Crippen MR) is 108 cm³/mol. The largest absolute Gasteiger partial charge is 0.416 e. The van der Waals surface area contributed by atoms with Crippen molar-refractivity contribution in [3.8, 4) is 0 Å². The maximum Gasteiger partial charge on any atom is 0.416 e. The van der Waals surface area contributed by atoms with Crippen molar-refractivity contribution >= 4 is 10.8 Å². The summed E-state index contributed by atoms with van der Waals surface area (Å²) in [6.45, 7) is 2.00. The Hall–Kier alpha value is -3.41. The Bertz CT molecular complexity index is 1240. The molecule has 4 aromatic rings. The number of halogens is 3. The molecule has 4 rings (SSSR count). The molecule has 6 heteroatoms. The monoisotopic (exact) mass is 409 g/mol. The predicted octanol–water partition coefficient (Wildman–Crippen LogP) is 5.89. The van der Waals surface area contributed by atoms with Gasteiger partial charge in [-0.3, -0.25) is 0 Å². The maximum atomic E-state index is 13.0. The average Bonchev–Trinajstić information content (AvgIpc) is 2.71. The van der Waals surface area contributed by atoms with Crippen molar-refractivity contribution in [2.75, 3.05) is 0 Å². The highest BCUT2D eigenvalue weighted by Gasteiger charge is 2.30. The summed E-state index contributed by atoms with van der Waals surface area (Å²) in [6.07, 6.45) is -2.31. The summed E-state index contributed by atoms with van der Waals surface area (Å²) in [5.41, 5.74) is 2.63. The van der Waals surface area contributed by atoms with Crippen LogP contribution in [0.4, 0.5) is 13.2 Å². The van der Waals surface area contributed by atoms with Crippen LogP contribution in [0.15, 0.2) is 82.2 Å². The first-order valence-corrected chi connectivity index (χ1v) is 9.42. The van der Waals surface area contributed by atoms with Gasteiger partial charge in [-0.2, -0.15) is 13.2 Å². The van der Waals surface area contributed by atoms with Crippen LogP contribution in [-0.4, -0.2) is 5.16 Å². The minimum Gasteiger partial charge on any atom is -0.313 e. The van der Waals surface area contributed by atoms with Gasteiger partial charge in [0.25, 0.3) is 0 Å². The molecule has 1 aromatic heterocycles. The van der Waals surface area contributed by atoms with Gasteiger partial charge in [-0.15, -0.1) is 0 Å². The van der Waals surface area contributed by atoms with Crippen molar-refractivity contribution in [3.63, 3.8) is 0 Å². The van der Waals surface area contributed by atoms with Crippen LogP contribution >= 0.6 is 0 Å². The summed E-state index contributed by atoms with van der Waals surface area (Å²) in [6, 6.07) is 18.6. The van der Waals surface area contributed by atoms with Crippen LogP contribution in [0.25, 0.3) is 10.8 Å². The fourth-order valence-electron chi connectivity index (χ4n) is 3.68. The second kappa shape index (κ2) is 7.78. The zero-order valence-electron chi connectivity index (χ0n) is 16.1. The van der Waals surface area contributed by atoms with E-state index in [0.717, 1.165) is 34.4 Å². The van der Waals surface area contributed by atoms with Gasteiger partial charge in [0.05, 0.1) is 17.1 Å². The van der Waals surface area contributed by atoms with Gasteiger partial charge in [0, 0.05) is 11.3 Å². The molecule has 0 amide bonds. The molecule has 0 bridgehead atoms. The molecule has 0 saturated heterocycles. The highest BCUT2D eigenvalue weighted by molar-refractivity contribution is 5.81. The number of rotatable bonds is 4. The van der Waals surface area contributed by atoms with Gasteiger partial charge in [0.2, 0.25) is 0 Å². The number of benzene rings is 3. The smallest absolute Gasteiger partial charge is 0.313 e. The lowest BCUT2D eigenvalue weighted by Crippen LogP contribution is -2.09. The molecule has 0 aliphatic heterocycles. The molecular formula is C24H18F3NO2. The van der Waals surface area contributed by atoms with E-state index in [4.69, 9.17) is 0 Å². The van der Waals surface area contributed by atoms with Crippen LogP contribution in [-0.2, 0) is 12.6 Å². The number of nitrogens with zero attached hydrogens (tertiary/aromatic N) is 1. The summed E-state index contributed by atoms with van der Waals surface area (Å²) in [5.74, 6) is -0.189. The van der Waals surface area contributed by atoms with E-state index >= 15 is 0 Å². The van der Waals surface area contributed by atoms with E-state index in [2.05, 4.69) is 15.7 Å². The summed E-state index contributed by atoms with van der Waals surface area (Å²) >= 11 is 0. The molecule has 1 atom stereocenters. The molecule has 1 unspecified atom stereocenters. The molecule has 1 heterocycles. The first-order chi connectivity index (χ1) is 14.3. The minimum absolute atomic E-state index is 0.189. The summed E-state index contributed by atoms with van der Waals surface area (Å²) in [7, 11) is 0. The lowest BCUT2D eigenvalue weighted by atomic mass is 9.84. The zero-order valence-corrected chi connectivity index (χ0v) is 16.1. The third kappa shape index (κ3) is 4.13. The second-order valence-electron chi connectivity index (χ2n) is 7.33. The second-order valence-corrected chi connectivity index (χ2v) is 7.33. The van der Waals surface area contributed by atoms with Crippen molar-refractivity contribution in [3.05, 3.63) is 111 Å². The van der Waals surface area contributed by atoms with E-state index in [1.807, 2.05) is 37.3 Å². The minimum atomic E-state index is -4.38. The Morgan fingerprint density at radius 2 is 1.70 bits per heavy atom. The molecule has 0 saturated carbocycles. The number of aromatic nitrogens is 1. The van der Waals surface area contributed by atoms with Gasteiger partial charge in [0.1, 0.15) is 0 Å². The third-order valence-electron chi connectivity index (χ3n) is 5.19. The average molecular weight is 409 g/mol. The molecule has 152 valence electrons. The topological polar surface area (TPSA) is 43.1 Å². The van der Waals surface area contributed by atoms with E-state index < -0.39 is 17.4 Å². The first kappa shape index (κ1) is 19.9. The van der Waals surface area contributed by atoms with Crippen molar-refractivity contribution in [1.29, 1.82) is 0 Å². The number of alkyl halides is 3. The fourth-order valence-corrected chi connectivity index (χ4v) is 3.68. The summed E-state index contributed by atoms with van der Waals surface area (Å²) < 4.78 is 43.7. The molecule has 0 aliphatic carbocycles. The van der Waals surface area contributed by atoms with Gasteiger partial charge in [-0.1, -0.05) is 53.2 Å². The van der Waals surface area contributed by atoms with Crippen LogP contribution in [0.2, 0.25) is 0 Å². The van der Waals surface area contributed by atoms with Crippen LogP contribution in [0.1, 0.15) is 33.7 Å². The number of aryl methyl sites for hydroxylation is 1. The Morgan fingerprint density at radius 3 is 2.40 bits per heavy atom. The van der Waals surface area contributed by atoms with Crippen molar-refractivity contribution in [2.24, 2.45) is 0 Å². The molecule has 0 N–H and O–H groups in total. The van der Waals surface area contributed by atoms with Gasteiger partial charge in [-0.25, -0.2) is 4.79 Å². The number of hydrogen-bond donors (Lipinski definition) is 0. The van der Waals surface area contributed by atoms with Crippen LogP contribution in [0, 0.1) is 6.92 Å². The van der Waals surface area contributed by atoms with Gasteiger partial charge in [0.15, 0.2) is 0 Å². The van der Waals surface area contributed by atoms with E-state index in [1.54, 1.807) is 6.07 Å². The van der Waals surface area contributed by atoms with E-state index in [9.17, 15) is 18.0 Å². The Labute approximate surface area is 170 Å². The van der Waals surface area contributed by atoms with E-state index in [-0.39, 0.29) is 5.92 Å². The first-order valence-electron chi connectivity index (χ1n) is 9.42. The molecule has 0 aliphatic rings. The summed E-state index contributed by atoms with van der Waals surface area (Å²) in [5, 5.41) is 4.65. The Balaban J connectivity index is 1.80. The Morgan fingerprint density at radius 1 is 0.967 bits per heavy atom. The standard InChI is InChI=1S/C24H18F3NO2/c1-15-3-2-4-16(11-15)12-22(17-5-8-20(9-6-17)24(25,26)27)18-7-10-21-19(13-18)14-28-30-23(21)29/h2-11,13-14,22H,12H2,1H3.